The number of H-pyrrole nitrogens is 1. The van der Waals surface area contributed by atoms with Crippen LogP contribution in [0.15, 0.2) is 82.2 Å². The second-order valence-corrected chi connectivity index (χ2v) is 8.23. The maximum Gasteiger partial charge on any atom is 0.316 e. The molecule has 0 fully saturated rings. The molecule has 0 aliphatic carbocycles. The number of aromatic hydroxyl groups is 1. The van der Waals surface area contributed by atoms with Gasteiger partial charge in [0, 0.05) is 23.0 Å². The molecule has 7 nitrogen and oxygen atoms in total. The van der Waals surface area contributed by atoms with Crippen LogP contribution in [0.4, 0.5) is 11.4 Å². The number of rotatable bonds is 6. The Labute approximate surface area is 187 Å². The van der Waals surface area contributed by atoms with Gasteiger partial charge in [-0.2, -0.15) is 8.42 Å². The fourth-order valence-electron chi connectivity index (χ4n) is 3.58. The zero-order valence-corrected chi connectivity index (χ0v) is 18.5. The second kappa shape index (κ2) is 9.17. The van der Waals surface area contributed by atoms with Crippen molar-refractivity contribution in [3.8, 4) is 5.88 Å². The van der Waals surface area contributed by atoms with E-state index < -0.39 is 10.5 Å². The summed E-state index contributed by atoms with van der Waals surface area (Å²) in [7, 11) is 1.46. The Morgan fingerprint density at radius 2 is 1.66 bits per heavy atom. The standard InChI is InChI=1S/C24H22N4O3S/c1-28(2)15-16-8-10-18(11-9-16)25-23(17-6-4-3-5-7-17)22-20-14-19(27-32(30)31)12-13-21(20)26-24(22)29/h3-14,26,29H,15H2,1-2H3. The summed E-state index contributed by atoms with van der Waals surface area (Å²) in [4.78, 5) is 9.90. The van der Waals surface area contributed by atoms with Gasteiger partial charge in [-0.25, -0.2) is 4.99 Å². The molecule has 0 radical (unpaired) electrons. The molecule has 4 aromatic rings. The number of benzene rings is 3. The highest BCUT2D eigenvalue weighted by Gasteiger charge is 2.19. The summed E-state index contributed by atoms with van der Waals surface area (Å²) in [6.45, 7) is 0.826. The lowest BCUT2D eigenvalue weighted by atomic mass is 10.0. The van der Waals surface area contributed by atoms with Crippen LogP contribution in [0.5, 0.6) is 5.88 Å². The van der Waals surface area contributed by atoms with Gasteiger partial charge in [-0.3, -0.25) is 0 Å². The van der Waals surface area contributed by atoms with E-state index in [2.05, 4.69) is 14.2 Å². The SMILES string of the molecule is CN(C)Cc1ccc(N=C(c2ccccc2)c2c(O)[nH]c3ccc(N=S(=O)=O)cc23)cc1. The summed E-state index contributed by atoms with van der Waals surface area (Å²) in [6.07, 6.45) is 0. The summed E-state index contributed by atoms with van der Waals surface area (Å²) in [6, 6.07) is 22.3. The molecule has 0 aliphatic heterocycles. The molecule has 0 atom stereocenters. The Morgan fingerprint density at radius 1 is 0.969 bits per heavy atom. The lowest BCUT2D eigenvalue weighted by Crippen LogP contribution is -2.10. The van der Waals surface area contributed by atoms with Crippen molar-refractivity contribution in [2.45, 2.75) is 6.54 Å². The maximum absolute atomic E-state index is 11.0. The van der Waals surface area contributed by atoms with Gasteiger partial charge in [0.1, 0.15) is 0 Å². The van der Waals surface area contributed by atoms with Crippen LogP contribution in [0, 0.1) is 0 Å². The van der Waals surface area contributed by atoms with Crippen LogP contribution >= 0.6 is 0 Å². The number of aromatic nitrogens is 1. The molecule has 0 unspecified atom stereocenters. The first-order valence-corrected chi connectivity index (χ1v) is 11.0. The lowest BCUT2D eigenvalue weighted by Gasteiger charge is -2.10. The Bertz CT molecular complexity index is 1410. The molecule has 0 aliphatic rings. The zero-order chi connectivity index (χ0) is 22.7. The number of nitrogens with one attached hydrogen (secondary N) is 1. The van der Waals surface area contributed by atoms with Crippen LogP contribution in [0.2, 0.25) is 0 Å². The molecule has 162 valence electrons. The van der Waals surface area contributed by atoms with Crippen molar-refractivity contribution in [3.05, 3.63) is 89.5 Å². The highest BCUT2D eigenvalue weighted by Crippen LogP contribution is 2.33. The summed E-state index contributed by atoms with van der Waals surface area (Å²) in [5.41, 5.74) is 4.69. The van der Waals surface area contributed by atoms with Gasteiger partial charge in [0.05, 0.1) is 22.6 Å². The van der Waals surface area contributed by atoms with Crippen molar-refractivity contribution < 1.29 is 13.5 Å². The predicted octanol–water partition coefficient (Wildman–Crippen LogP) is 4.80. The van der Waals surface area contributed by atoms with Gasteiger partial charge in [-0.15, -0.1) is 4.36 Å². The van der Waals surface area contributed by atoms with E-state index in [0.29, 0.717) is 22.2 Å². The fraction of sp³-hybridized carbons (Fsp3) is 0.125. The molecule has 0 amide bonds. The average molecular weight is 447 g/mol. The number of nitrogens with zero attached hydrogens (tertiary/aromatic N) is 3. The summed E-state index contributed by atoms with van der Waals surface area (Å²) < 4.78 is 25.7. The van der Waals surface area contributed by atoms with Crippen molar-refractivity contribution in [2.24, 2.45) is 9.36 Å². The predicted molar refractivity (Wildman–Crippen MR) is 127 cm³/mol. The van der Waals surface area contributed by atoms with Crippen molar-refractivity contribution in [2.75, 3.05) is 14.1 Å². The molecule has 0 spiro atoms. The Kier molecular flexibility index (Phi) is 6.16. The molecule has 0 bridgehead atoms. The van der Waals surface area contributed by atoms with Gasteiger partial charge in [0.25, 0.3) is 0 Å². The van der Waals surface area contributed by atoms with Crippen molar-refractivity contribution in [3.63, 3.8) is 0 Å². The second-order valence-electron chi connectivity index (χ2n) is 7.62. The van der Waals surface area contributed by atoms with E-state index in [1.54, 1.807) is 18.2 Å². The van der Waals surface area contributed by atoms with Gasteiger partial charge in [0.15, 0.2) is 5.88 Å². The van der Waals surface area contributed by atoms with E-state index in [0.717, 1.165) is 17.8 Å². The normalized spacial score (nSPS) is 11.8. The van der Waals surface area contributed by atoms with Crippen molar-refractivity contribution in [1.29, 1.82) is 0 Å². The Balaban J connectivity index is 1.90. The van der Waals surface area contributed by atoms with E-state index in [4.69, 9.17) is 4.99 Å². The summed E-state index contributed by atoms with van der Waals surface area (Å²) in [5, 5.41) is 11.4. The zero-order valence-electron chi connectivity index (χ0n) is 17.6. The molecule has 3 aromatic carbocycles. The topological polar surface area (TPSA) is 98.1 Å². The number of hydrogen-bond donors (Lipinski definition) is 2. The number of hydrogen-bond acceptors (Lipinski definition) is 6. The molecular formula is C24H22N4O3S. The molecule has 0 saturated heterocycles. The highest BCUT2D eigenvalue weighted by atomic mass is 32.2. The van der Waals surface area contributed by atoms with Crippen LogP contribution in [-0.4, -0.2) is 43.2 Å². The quantitative estimate of drug-likeness (QED) is 0.416. The van der Waals surface area contributed by atoms with Gasteiger partial charge in [-0.1, -0.05) is 42.5 Å². The number of fused-ring (bicyclic) bond motifs is 1. The minimum atomic E-state index is -2.58. The minimum absolute atomic E-state index is 0.0489. The molecule has 2 N–H and O–H groups in total. The van der Waals surface area contributed by atoms with E-state index in [-0.39, 0.29) is 11.6 Å². The third-order valence-corrected chi connectivity index (χ3v) is 5.26. The van der Waals surface area contributed by atoms with Crippen LogP contribution in [0.1, 0.15) is 16.7 Å². The first-order valence-electron chi connectivity index (χ1n) is 9.94. The monoisotopic (exact) mass is 446 g/mol. The molecule has 4 rings (SSSR count). The lowest BCUT2D eigenvalue weighted by molar-refractivity contribution is 0.402. The molecule has 1 heterocycles. The largest absolute Gasteiger partial charge is 0.494 e. The van der Waals surface area contributed by atoms with Crippen molar-refractivity contribution in [1.82, 2.24) is 9.88 Å². The smallest absolute Gasteiger partial charge is 0.316 e. The van der Waals surface area contributed by atoms with Gasteiger partial charge >= 0.3 is 10.5 Å². The average Bonchev–Trinajstić information content (AvgIpc) is 3.08. The van der Waals surface area contributed by atoms with Crippen LogP contribution in [0.25, 0.3) is 10.9 Å². The third kappa shape index (κ3) is 4.77. The third-order valence-electron chi connectivity index (χ3n) is 4.90. The fourth-order valence-corrected chi connectivity index (χ4v) is 3.86. The first kappa shape index (κ1) is 21.5. The van der Waals surface area contributed by atoms with E-state index >= 15 is 0 Å². The summed E-state index contributed by atoms with van der Waals surface area (Å²) in [5.74, 6) is -0.0489. The minimum Gasteiger partial charge on any atom is -0.494 e. The number of aromatic amines is 1. The summed E-state index contributed by atoms with van der Waals surface area (Å²) >= 11 is 0. The van der Waals surface area contributed by atoms with Gasteiger partial charge in [-0.05, 0) is 50.0 Å². The number of aliphatic imine (C=N–C) groups is 1. The van der Waals surface area contributed by atoms with Crippen LogP contribution in [0.3, 0.4) is 0 Å². The van der Waals surface area contributed by atoms with Crippen LogP contribution < -0.4 is 0 Å². The molecule has 32 heavy (non-hydrogen) atoms. The van der Waals surface area contributed by atoms with Crippen LogP contribution in [-0.2, 0) is 17.0 Å². The van der Waals surface area contributed by atoms with Gasteiger partial charge in [0.2, 0.25) is 0 Å². The molecule has 1 aromatic heterocycles. The van der Waals surface area contributed by atoms with Gasteiger partial charge < -0.3 is 15.0 Å². The molecule has 0 saturated carbocycles. The molecule has 8 heteroatoms. The maximum atomic E-state index is 11.0. The molecular weight excluding hydrogens is 424 g/mol. The van der Waals surface area contributed by atoms with E-state index in [9.17, 15) is 13.5 Å². The highest BCUT2D eigenvalue weighted by molar-refractivity contribution is 7.61. The first-order chi connectivity index (χ1) is 15.4. The Hall–Kier alpha value is -3.75. The van der Waals surface area contributed by atoms with Crippen molar-refractivity contribution >= 4 is 38.5 Å². The Morgan fingerprint density at radius 3 is 2.31 bits per heavy atom. The van der Waals surface area contributed by atoms with E-state index in [1.165, 1.54) is 5.56 Å². The van der Waals surface area contributed by atoms with E-state index in [1.807, 2.05) is 68.7 Å².